The molecule has 23 nitrogen and oxygen atoms in total. The first-order valence-electron chi connectivity index (χ1n) is 32.2. The number of carbonyl (C=O) groups is 7. The molecule has 5 unspecified atom stereocenters. The Morgan fingerprint density at radius 2 is 0.990 bits per heavy atom. The van der Waals surface area contributed by atoms with Crippen LogP contribution in [-0.4, -0.2) is 104 Å². The Labute approximate surface area is 574 Å². The number of amides is 5. The number of rotatable bonds is 41. The molecule has 0 fully saturated rings. The number of phosphoric acid groups is 2. The molecule has 5 atom stereocenters. The van der Waals surface area contributed by atoms with E-state index in [0.29, 0.717) is 17.5 Å². The standard InChI is InChI=1S/C47H59FN3O11P.C22H33FN3O6P.C2H6/c1-8-22-59-63(57,60-23-9-2)62-41-20-18-31(25-33(41)28-48)26-40(46(56)50-39(44(49)54)24-30(3)4)51-45(55)32(19-21-42(52)61-47(5,6)7)27-43(53)58-29-38-36-16-12-10-14-34(36)35-15-11-13-17-37(35)38;1-5-9-30-33(29,31-10-6-2)32-20-8-7-16(12-17(20)14-23)13-18(24)22(28)26-19(21(25)27)11-15(3)4;1-2/h8-18,20,25,30,32,38-40H,1-2,19,21-24,26-29H2,3-7H3,(H2,49,54)(H,50,56)(H,51,55);5-8,12,15,18-19H,1-2,9-11,13-14,24H2,3-4H3,(H2,25,27)(H,26,28);1-2H3. The first-order chi connectivity index (χ1) is 46.4. The SMILES string of the molecule is C=CCOP(=O)(OCC=C)Oc1ccc(CC(N)C(=O)NC(CC(C)C)C(N)=O)cc1CF.C=CCOP(=O)(OCC=C)Oc1ccc(CC(NC(=O)C(CCC(=O)OC(C)(C)C)CC(=O)OCC2c3ccccc3-c3ccccc32)C(=O)NC(CC(C)C)C(N)=O)cc1CF.CC. The molecule has 4 aromatic rings. The number of fused-ring (bicyclic) bond motifs is 3. The summed E-state index contributed by atoms with van der Waals surface area (Å²) in [6.45, 7) is 27.9. The highest BCUT2D eigenvalue weighted by Gasteiger charge is 2.36. The molecule has 0 aromatic heterocycles. The molecule has 538 valence electrons. The van der Waals surface area contributed by atoms with E-state index in [4.69, 9.17) is 53.8 Å². The summed E-state index contributed by atoms with van der Waals surface area (Å²) in [5, 5.41) is 7.89. The second-order valence-corrected chi connectivity index (χ2v) is 27.5. The van der Waals surface area contributed by atoms with E-state index in [2.05, 4.69) is 42.3 Å². The summed E-state index contributed by atoms with van der Waals surface area (Å²) in [5.41, 5.74) is 21.1. The molecule has 1 aliphatic rings. The zero-order valence-corrected chi connectivity index (χ0v) is 59.4. The van der Waals surface area contributed by atoms with Gasteiger partial charge in [-0.15, -0.1) is 26.3 Å². The van der Waals surface area contributed by atoms with Crippen molar-refractivity contribution in [3.63, 3.8) is 0 Å². The van der Waals surface area contributed by atoms with E-state index in [-0.39, 0.29) is 106 Å². The monoisotopic (exact) mass is 1410 g/mol. The maximum absolute atomic E-state index is 14.6. The predicted molar refractivity (Wildman–Crippen MR) is 371 cm³/mol. The van der Waals surface area contributed by atoms with Gasteiger partial charge in [-0.1, -0.05) is 127 Å². The quantitative estimate of drug-likeness (QED) is 0.0137. The number of nitrogens with two attached hydrogens (primary N) is 3. The number of hydrogen-bond acceptors (Lipinski definition) is 18. The van der Waals surface area contributed by atoms with Crippen molar-refractivity contribution in [2.75, 3.05) is 33.0 Å². The highest BCUT2D eigenvalue weighted by molar-refractivity contribution is 7.49. The summed E-state index contributed by atoms with van der Waals surface area (Å²) in [6.07, 6.45) is 4.95. The Morgan fingerprint density at radius 1 is 0.582 bits per heavy atom. The Balaban J connectivity index is 0.000000601. The summed E-state index contributed by atoms with van der Waals surface area (Å²) < 4.78 is 97.2. The number of hydrogen-bond donors (Lipinski definition) is 6. The largest absolute Gasteiger partial charge is 0.530 e. The van der Waals surface area contributed by atoms with E-state index in [0.717, 1.165) is 22.3 Å². The normalized spacial score (nSPS) is 13.4. The molecule has 0 heterocycles. The Morgan fingerprint density at radius 3 is 1.39 bits per heavy atom. The molecular formula is C71H98F2N6O17P2. The molecule has 4 aromatic carbocycles. The molecule has 0 bridgehead atoms. The van der Waals surface area contributed by atoms with Crippen LogP contribution >= 0.6 is 15.6 Å². The number of alkyl halides is 2. The first kappa shape index (κ1) is 84.1. The Kier molecular flexibility index (Phi) is 36.0. The van der Waals surface area contributed by atoms with E-state index in [9.17, 15) is 51.5 Å². The van der Waals surface area contributed by atoms with Crippen molar-refractivity contribution in [2.24, 2.45) is 35.0 Å². The molecule has 98 heavy (non-hydrogen) atoms. The minimum atomic E-state index is -4.26. The van der Waals surface area contributed by atoms with Crippen molar-refractivity contribution in [1.82, 2.24) is 16.0 Å². The van der Waals surface area contributed by atoms with Gasteiger partial charge in [0, 0.05) is 35.8 Å². The van der Waals surface area contributed by atoms with Gasteiger partial charge in [-0.3, -0.25) is 51.7 Å². The fourth-order valence-corrected chi connectivity index (χ4v) is 12.2. The average molecular weight is 1410 g/mol. The van der Waals surface area contributed by atoms with Gasteiger partial charge in [-0.25, -0.2) is 17.9 Å². The van der Waals surface area contributed by atoms with Crippen LogP contribution in [0.2, 0.25) is 0 Å². The molecule has 1 aliphatic carbocycles. The van der Waals surface area contributed by atoms with Crippen LogP contribution in [0.25, 0.3) is 11.1 Å². The zero-order chi connectivity index (χ0) is 73.3. The Hall–Kier alpha value is -8.15. The lowest BCUT2D eigenvalue weighted by molar-refractivity contribution is -0.156. The molecule has 5 amide bonds. The van der Waals surface area contributed by atoms with E-state index in [1.54, 1.807) is 26.8 Å². The van der Waals surface area contributed by atoms with Crippen LogP contribution in [0.3, 0.4) is 0 Å². The van der Waals surface area contributed by atoms with Crippen molar-refractivity contribution in [3.05, 3.63) is 169 Å². The van der Waals surface area contributed by atoms with Crippen molar-refractivity contribution in [1.29, 1.82) is 0 Å². The molecule has 5 rings (SSSR count). The van der Waals surface area contributed by atoms with Gasteiger partial charge < -0.3 is 51.7 Å². The fourth-order valence-electron chi connectivity index (χ4n) is 9.86. The van der Waals surface area contributed by atoms with Crippen LogP contribution in [0.4, 0.5) is 8.78 Å². The third kappa shape index (κ3) is 28.4. The molecule has 0 radical (unpaired) electrons. The number of ether oxygens (including phenoxy) is 2. The topological polar surface area (TPSA) is 342 Å². The van der Waals surface area contributed by atoms with Gasteiger partial charge in [0.2, 0.25) is 29.5 Å². The van der Waals surface area contributed by atoms with Gasteiger partial charge >= 0.3 is 27.6 Å². The minimum absolute atomic E-state index is 0.00448. The number of benzene rings is 4. The lowest BCUT2D eigenvalue weighted by atomic mass is 9.96. The van der Waals surface area contributed by atoms with E-state index >= 15 is 0 Å². The van der Waals surface area contributed by atoms with Gasteiger partial charge in [0.1, 0.15) is 55.2 Å². The van der Waals surface area contributed by atoms with Gasteiger partial charge in [0.05, 0.1) is 38.9 Å². The molecule has 9 N–H and O–H groups in total. The maximum atomic E-state index is 14.6. The number of primary amides is 2. The van der Waals surface area contributed by atoms with Crippen LogP contribution in [0.5, 0.6) is 11.5 Å². The van der Waals surface area contributed by atoms with Crippen LogP contribution < -0.4 is 42.2 Å². The average Bonchev–Trinajstić information content (AvgIpc) is 1.61. The number of carbonyl (C=O) groups excluding carboxylic acids is 7. The summed E-state index contributed by atoms with van der Waals surface area (Å²) in [7, 11) is -8.31. The summed E-state index contributed by atoms with van der Waals surface area (Å²) in [4.78, 5) is 91.2. The smallest absolute Gasteiger partial charge is 0.465 e. The van der Waals surface area contributed by atoms with Gasteiger partial charge in [-0.2, -0.15) is 0 Å². The second kappa shape index (κ2) is 42.0. The lowest BCUT2D eigenvalue weighted by Gasteiger charge is -2.25. The van der Waals surface area contributed by atoms with Crippen LogP contribution in [0.15, 0.2) is 136 Å². The second-order valence-electron chi connectivity index (χ2n) is 24.3. The van der Waals surface area contributed by atoms with E-state index in [1.807, 2.05) is 90.1 Å². The van der Waals surface area contributed by atoms with E-state index in [1.165, 1.54) is 54.6 Å². The minimum Gasteiger partial charge on any atom is -0.465 e. The highest BCUT2D eigenvalue weighted by Crippen LogP contribution is 2.52. The van der Waals surface area contributed by atoms with Gasteiger partial charge in [0.25, 0.3) is 0 Å². The molecule has 0 spiro atoms. The fraction of sp³-hybridized carbons (Fsp3) is 0.451. The number of esters is 2. The Bertz CT molecular complexity index is 3380. The maximum Gasteiger partial charge on any atom is 0.530 e. The zero-order valence-electron chi connectivity index (χ0n) is 57.6. The number of nitrogens with one attached hydrogen (secondary N) is 3. The van der Waals surface area contributed by atoms with Crippen LogP contribution in [0.1, 0.15) is 134 Å². The molecule has 0 saturated carbocycles. The van der Waals surface area contributed by atoms with Crippen LogP contribution in [-0.2, 0) is 96.5 Å². The van der Waals surface area contributed by atoms with Gasteiger partial charge in [-0.05, 0) is 116 Å². The van der Waals surface area contributed by atoms with Gasteiger partial charge in [0.15, 0.2) is 0 Å². The lowest BCUT2D eigenvalue weighted by Crippen LogP contribution is -2.54. The molecule has 0 aliphatic heterocycles. The third-order valence-electron chi connectivity index (χ3n) is 14.2. The number of phosphoric ester groups is 2. The molecule has 27 heteroatoms. The molecule has 0 saturated heterocycles. The van der Waals surface area contributed by atoms with Crippen LogP contribution in [0, 0.1) is 17.8 Å². The summed E-state index contributed by atoms with van der Waals surface area (Å²) in [6, 6.07) is 19.8. The first-order valence-corrected chi connectivity index (χ1v) is 35.1. The van der Waals surface area contributed by atoms with Crippen molar-refractivity contribution >= 4 is 57.1 Å². The van der Waals surface area contributed by atoms with E-state index < -0.39 is 113 Å². The van der Waals surface area contributed by atoms with Crippen molar-refractivity contribution in [3.8, 4) is 22.6 Å². The highest BCUT2D eigenvalue weighted by atomic mass is 31.2. The summed E-state index contributed by atoms with van der Waals surface area (Å²) in [5.74, 6) is -6.40. The van der Waals surface area contributed by atoms with Crippen molar-refractivity contribution in [2.45, 2.75) is 156 Å². The summed E-state index contributed by atoms with van der Waals surface area (Å²) >= 11 is 0. The van der Waals surface area contributed by atoms with Crippen molar-refractivity contribution < 1.29 is 88.1 Å². The number of halogens is 2. The third-order valence-corrected chi connectivity index (χ3v) is 16.9. The molecular weight excluding hydrogens is 1310 g/mol. The predicted octanol–water partition coefficient (Wildman–Crippen LogP) is 11.5.